The maximum absolute atomic E-state index is 11.9. The standard InChI is InChI=1S/C16H19N3O3/c1-11-6-5-9-17-15(11)19-16(21)18-10-13(20)12-7-3-4-8-14(12)22-2/h3-9,13,20H,10H2,1-2H3,(H2,17,18,19,21)/t13-/m1/s1. The molecular weight excluding hydrogens is 282 g/mol. The lowest BCUT2D eigenvalue weighted by Crippen LogP contribution is -2.33. The number of rotatable bonds is 5. The number of aryl methyl sites for hydroxylation is 1. The van der Waals surface area contributed by atoms with E-state index in [-0.39, 0.29) is 6.54 Å². The van der Waals surface area contributed by atoms with Crippen LogP contribution in [0.1, 0.15) is 17.2 Å². The molecule has 22 heavy (non-hydrogen) atoms. The zero-order valence-electron chi connectivity index (χ0n) is 12.5. The molecule has 1 aromatic carbocycles. The van der Waals surface area contributed by atoms with Gasteiger partial charge in [-0.05, 0) is 24.6 Å². The van der Waals surface area contributed by atoms with E-state index in [1.54, 1.807) is 30.5 Å². The van der Waals surface area contributed by atoms with Gasteiger partial charge in [0.25, 0.3) is 0 Å². The number of aliphatic hydroxyl groups is 1. The van der Waals surface area contributed by atoms with Crippen LogP contribution in [0.15, 0.2) is 42.6 Å². The van der Waals surface area contributed by atoms with Crippen LogP contribution >= 0.6 is 0 Å². The molecule has 2 rings (SSSR count). The second-order valence-corrected chi connectivity index (χ2v) is 4.76. The van der Waals surface area contributed by atoms with Gasteiger partial charge in [-0.25, -0.2) is 9.78 Å². The maximum Gasteiger partial charge on any atom is 0.320 e. The van der Waals surface area contributed by atoms with Crippen molar-refractivity contribution >= 4 is 11.8 Å². The van der Waals surface area contributed by atoms with Crippen molar-refractivity contribution < 1.29 is 14.6 Å². The summed E-state index contributed by atoms with van der Waals surface area (Å²) in [7, 11) is 1.54. The van der Waals surface area contributed by atoms with Crippen LogP contribution in [0.2, 0.25) is 0 Å². The number of methoxy groups -OCH3 is 1. The summed E-state index contributed by atoms with van der Waals surface area (Å²) in [5.41, 5.74) is 1.49. The highest BCUT2D eigenvalue weighted by atomic mass is 16.5. The lowest BCUT2D eigenvalue weighted by atomic mass is 10.1. The molecule has 0 saturated carbocycles. The molecule has 0 bridgehead atoms. The normalized spacial score (nSPS) is 11.6. The molecule has 6 heteroatoms. The Balaban J connectivity index is 1.92. The van der Waals surface area contributed by atoms with Crippen molar-refractivity contribution in [2.45, 2.75) is 13.0 Å². The predicted octanol–water partition coefficient (Wildman–Crippen LogP) is 2.25. The number of aliphatic hydroxyl groups excluding tert-OH is 1. The highest BCUT2D eigenvalue weighted by molar-refractivity contribution is 5.88. The second kappa shape index (κ2) is 7.42. The summed E-state index contributed by atoms with van der Waals surface area (Å²) in [6.07, 6.45) is 0.749. The van der Waals surface area contributed by atoms with E-state index in [2.05, 4.69) is 15.6 Å². The van der Waals surface area contributed by atoms with Gasteiger partial charge >= 0.3 is 6.03 Å². The highest BCUT2D eigenvalue weighted by Gasteiger charge is 2.14. The molecule has 0 aliphatic rings. The highest BCUT2D eigenvalue weighted by Crippen LogP contribution is 2.24. The fourth-order valence-corrected chi connectivity index (χ4v) is 2.01. The Bertz CT molecular complexity index is 646. The summed E-state index contributed by atoms with van der Waals surface area (Å²) >= 11 is 0. The van der Waals surface area contributed by atoms with Crippen LogP contribution < -0.4 is 15.4 Å². The summed E-state index contributed by atoms with van der Waals surface area (Å²) in [6, 6.07) is 10.4. The number of hydrogen-bond acceptors (Lipinski definition) is 4. The third kappa shape index (κ3) is 3.95. The number of hydrogen-bond donors (Lipinski definition) is 3. The van der Waals surface area contributed by atoms with Gasteiger partial charge in [0.05, 0.1) is 13.2 Å². The lowest BCUT2D eigenvalue weighted by Gasteiger charge is -2.15. The number of ether oxygens (including phenoxy) is 1. The van der Waals surface area contributed by atoms with Crippen LogP contribution in [-0.2, 0) is 0 Å². The Kier molecular flexibility index (Phi) is 5.32. The van der Waals surface area contributed by atoms with Crippen LogP contribution in [0.3, 0.4) is 0 Å². The molecule has 0 unspecified atom stereocenters. The van der Waals surface area contributed by atoms with Gasteiger partial charge < -0.3 is 15.2 Å². The first-order valence-corrected chi connectivity index (χ1v) is 6.89. The number of nitrogens with one attached hydrogen (secondary N) is 2. The molecule has 0 fully saturated rings. The van der Waals surface area contributed by atoms with Crippen LogP contribution in [0.5, 0.6) is 5.75 Å². The molecule has 6 nitrogen and oxygen atoms in total. The first-order chi connectivity index (χ1) is 10.6. The van der Waals surface area contributed by atoms with E-state index in [9.17, 15) is 9.90 Å². The van der Waals surface area contributed by atoms with E-state index in [0.29, 0.717) is 17.1 Å². The van der Waals surface area contributed by atoms with Crippen molar-refractivity contribution in [2.24, 2.45) is 0 Å². The van der Waals surface area contributed by atoms with Crippen molar-refractivity contribution in [3.63, 3.8) is 0 Å². The van der Waals surface area contributed by atoms with E-state index in [0.717, 1.165) is 5.56 Å². The summed E-state index contributed by atoms with van der Waals surface area (Å²) in [6.45, 7) is 1.92. The molecule has 0 aliphatic carbocycles. The average Bonchev–Trinajstić information content (AvgIpc) is 2.54. The van der Waals surface area contributed by atoms with Crippen molar-refractivity contribution in [1.29, 1.82) is 0 Å². The molecule has 3 N–H and O–H groups in total. The van der Waals surface area contributed by atoms with Gasteiger partial charge in [-0.2, -0.15) is 0 Å². The van der Waals surface area contributed by atoms with Gasteiger partial charge in [0, 0.05) is 18.3 Å². The molecule has 116 valence electrons. The minimum absolute atomic E-state index is 0.0675. The maximum atomic E-state index is 11.9. The Labute approximate surface area is 129 Å². The number of nitrogens with zero attached hydrogens (tertiary/aromatic N) is 1. The van der Waals surface area contributed by atoms with Crippen molar-refractivity contribution in [1.82, 2.24) is 10.3 Å². The molecule has 0 spiro atoms. The number of carbonyl (C=O) groups excluding carboxylic acids is 1. The molecule has 1 atom stereocenters. The quantitative estimate of drug-likeness (QED) is 0.791. The Morgan fingerprint density at radius 2 is 2.09 bits per heavy atom. The molecule has 2 aromatic rings. The largest absolute Gasteiger partial charge is 0.496 e. The molecule has 0 saturated heterocycles. The van der Waals surface area contributed by atoms with Gasteiger partial charge in [-0.1, -0.05) is 24.3 Å². The van der Waals surface area contributed by atoms with Crippen LogP contribution in [0.4, 0.5) is 10.6 Å². The summed E-state index contributed by atoms with van der Waals surface area (Å²) in [4.78, 5) is 15.9. The number of benzene rings is 1. The average molecular weight is 301 g/mol. The van der Waals surface area contributed by atoms with Crippen molar-refractivity contribution in [2.75, 3.05) is 19.0 Å². The minimum Gasteiger partial charge on any atom is -0.496 e. The number of pyridine rings is 1. The second-order valence-electron chi connectivity index (χ2n) is 4.76. The minimum atomic E-state index is -0.855. The molecule has 2 amide bonds. The van der Waals surface area contributed by atoms with Gasteiger partial charge in [0.2, 0.25) is 0 Å². The van der Waals surface area contributed by atoms with Crippen LogP contribution in [0, 0.1) is 6.92 Å². The van der Waals surface area contributed by atoms with E-state index in [1.807, 2.05) is 19.1 Å². The van der Waals surface area contributed by atoms with Gasteiger partial charge in [-0.15, -0.1) is 0 Å². The zero-order valence-corrected chi connectivity index (χ0v) is 12.5. The van der Waals surface area contributed by atoms with Crippen molar-refractivity contribution in [3.05, 3.63) is 53.7 Å². The fourth-order valence-electron chi connectivity index (χ4n) is 2.01. The Hall–Kier alpha value is -2.60. The van der Waals surface area contributed by atoms with Crippen molar-refractivity contribution in [3.8, 4) is 5.75 Å². The Morgan fingerprint density at radius 3 is 2.82 bits per heavy atom. The number of para-hydroxylation sites is 1. The number of aromatic nitrogens is 1. The topological polar surface area (TPSA) is 83.5 Å². The molecule has 0 radical (unpaired) electrons. The van der Waals surface area contributed by atoms with Gasteiger partial charge in [0.1, 0.15) is 11.6 Å². The fraction of sp³-hybridized carbons (Fsp3) is 0.250. The number of urea groups is 1. The van der Waals surface area contributed by atoms with Crippen LogP contribution in [0.25, 0.3) is 0 Å². The number of carbonyl (C=O) groups is 1. The van der Waals surface area contributed by atoms with E-state index >= 15 is 0 Å². The Morgan fingerprint density at radius 1 is 1.32 bits per heavy atom. The predicted molar refractivity (Wildman–Crippen MR) is 83.9 cm³/mol. The van der Waals surface area contributed by atoms with Gasteiger partial charge in [0.15, 0.2) is 0 Å². The third-order valence-corrected chi connectivity index (χ3v) is 3.20. The lowest BCUT2D eigenvalue weighted by molar-refractivity contribution is 0.171. The van der Waals surface area contributed by atoms with E-state index < -0.39 is 12.1 Å². The molecular formula is C16H19N3O3. The van der Waals surface area contributed by atoms with E-state index in [1.165, 1.54) is 7.11 Å². The summed E-state index contributed by atoms with van der Waals surface area (Å²) in [5, 5.41) is 15.4. The summed E-state index contributed by atoms with van der Waals surface area (Å²) in [5.74, 6) is 1.07. The smallest absolute Gasteiger partial charge is 0.320 e. The molecule has 0 aliphatic heterocycles. The van der Waals surface area contributed by atoms with Gasteiger partial charge in [-0.3, -0.25) is 5.32 Å². The van der Waals surface area contributed by atoms with Crippen LogP contribution in [-0.4, -0.2) is 29.8 Å². The third-order valence-electron chi connectivity index (χ3n) is 3.20. The first kappa shape index (κ1) is 15.8. The monoisotopic (exact) mass is 301 g/mol. The first-order valence-electron chi connectivity index (χ1n) is 6.89. The molecule has 1 heterocycles. The zero-order chi connectivity index (χ0) is 15.9. The molecule has 1 aromatic heterocycles. The summed E-state index contributed by atoms with van der Waals surface area (Å²) < 4.78 is 5.19. The van der Waals surface area contributed by atoms with E-state index in [4.69, 9.17) is 4.74 Å². The SMILES string of the molecule is COc1ccccc1[C@H](O)CNC(=O)Nc1ncccc1C. The number of amides is 2. The number of anilines is 1.